The van der Waals surface area contributed by atoms with Crippen molar-refractivity contribution in [1.82, 2.24) is 10.0 Å². The predicted molar refractivity (Wildman–Crippen MR) is 80.2 cm³/mol. The molecule has 0 saturated heterocycles. The van der Waals surface area contributed by atoms with E-state index in [1.807, 2.05) is 0 Å². The van der Waals surface area contributed by atoms with Crippen molar-refractivity contribution in [3.8, 4) is 0 Å². The minimum absolute atomic E-state index is 0.0542. The van der Waals surface area contributed by atoms with Crippen LogP contribution in [0.5, 0.6) is 0 Å². The van der Waals surface area contributed by atoms with E-state index in [2.05, 4.69) is 10.0 Å². The van der Waals surface area contributed by atoms with Gasteiger partial charge in [0.25, 0.3) is 0 Å². The Labute approximate surface area is 125 Å². The summed E-state index contributed by atoms with van der Waals surface area (Å²) >= 11 is 0. The number of hydrogen-bond donors (Lipinski definition) is 2. The van der Waals surface area contributed by atoms with Crippen molar-refractivity contribution in [2.45, 2.75) is 37.8 Å². The Bertz CT molecular complexity index is 600. The van der Waals surface area contributed by atoms with Crippen molar-refractivity contribution in [3.05, 3.63) is 29.1 Å². The van der Waals surface area contributed by atoms with Crippen LogP contribution in [-0.2, 0) is 21.3 Å². The third-order valence-corrected chi connectivity index (χ3v) is 4.60. The van der Waals surface area contributed by atoms with Crippen LogP contribution in [0.15, 0.2) is 17.0 Å². The van der Waals surface area contributed by atoms with Crippen LogP contribution in [0.4, 0.5) is 4.39 Å². The lowest BCUT2D eigenvalue weighted by atomic mass is 10.1. The Morgan fingerprint density at radius 3 is 2.48 bits per heavy atom. The van der Waals surface area contributed by atoms with Crippen LogP contribution >= 0.6 is 0 Å². The van der Waals surface area contributed by atoms with Gasteiger partial charge in [0.2, 0.25) is 10.0 Å². The smallest absolute Gasteiger partial charge is 0.240 e. The molecule has 7 heteroatoms. The Balaban J connectivity index is 3.09. The minimum Gasteiger partial charge on any atom is -0.377 e. The summed E-state index contributed by atoms with van der Waals surface area (Å²) in [5, 5.41) is 2.82. The Hall–Kier alpha value is -1.02. The molecule has 0 aliphatic rings. The summed E-state index contributed by atoms with van der Waals surface area (Å²) in [4.78, 5) is 0.0542. The van der Waals surface area contributed by atoms with Crippen LogP contribution in [0, 0.1) is 12.7 Å². The van der Waals surface area contributed by atoms with E-state index < -0.39 is 15.6 Å². The van der Waals surface area contributed by atoms with Gasteiger partial charge in [0.05, 0.1) is 10.5 Å². The summed E-state index contributed by atoms with van der Waals surface area (Å²) in [5.74, 6) is -0.388. The number of hydrogen-bond acceptors (Lipinski definition) is 4. The molecule has 0 spiro atoms. The number of nitrogens with one attached hydrogen (secondary N) is 2. The van der Waals surface area contributed by atoms with Crippen molar-refractivity contribution >= 4 is 10.0 Å². The molecule has 0 saturated carbocycles. The van der Waals surface area contributed by atoms with E-state index in [1.54, 1.807) is 27.8 Å². The van der Waals surface area contributed by atoms with Crippen molar-refractivity contribution in [2.75, 3.05) is 20.7 Å². The fraction of sp³-hybridized carbons (Fsp3) is 0.571. The summed E-state index contributed by atoms with van der Waals surface area (Å²) in [6.07, 6.45) is 0. The molecule has 0 unspecified atom stereocenters. The van der Waals surface area contributed by atoms with Gasteiger partial charge in [-0.3, -0.25) is 0 Å². The van der Waals surface area contributed by atoms with Gasteiger partial charge >= 0.3 is 0 Å². The molecule has 5 nitrogen and oxygen atoms in total. The summed E-state index contributed by atoms with van der Waals surface area (Å²) in [6.45, 7) is 5.49. The average molecular weight is 318 g/mol. The highest BCUT2D eigenvalue weighted by atomic mass is 32.2. The fourth-order valence-electron chi connectivity index (χ4n) is 1.71. The Kier molecular flexibility index (Phi) is 5.86. The van der Waals surface area contributed by atoms with Crippen molar-refractivity contribution < 1.29 is 17.5 Å². The number of rotatable bonds is 7. The number of sulfonamides is 1. The van der Waals surface area contributed by atoms with Gasteiger partial charge in [0.1, 0.15) is 5.82 Å². The zero-order chi connectivity index (χ0) is 16.3. The highest BCUT2D eigenvalue weighted by Crippen LogP contribution is 2.19. The number of aryl methyl sites for hydroxylation is 1. The second kappa shape index (κ2) is 6.83. The second-order valence-electron chi connectivity index (χ2n) is 5.53. The number of halogens is 1. The molecule has 1 aromatic rings. The van der Waals surface area contributed by atoms with Gasteiger partial charge in [-0.05, 0) is 45.5 Å². The number of benzene rings is 1. The first-order valence-electron chi connectivity index (χ1n) is 6.61. The summed E-state index contributed by atoms with van der Waals surface area (Å²) in [7, 11) is -0.517. The van der Waals surface area contributed by atoms with Gasteiger partial charge in [0, 0.05) is 25.8 Å². The van der Waals surface area contributed by atoms with E-state index in [1.165, 1.54) is 19.2 Å². The zero-order valence-corrected chi connectivity index (χ0v) is 13.9. The second-order valence-corrected chi connectivity index (χ2v) is 7.30. The molecule has 21 heavy (non-hydrogen) atoms. The molecule has 0 amide bonds. The van der Waals surface area contributed by atoms with Gasteiger partial charge in [-0.2, -0.15) is 0 Å². The van der Waals surface area contributed by atoms with E-state index in [-0.39, 0.29) is 23.8 Å². The highest BCUT2D eigenvalue weighted by Gasteiger charge is 2.23. The molecule has 0 aromatic heterocycles. The Morgan fingerprint density at radius 1 is 1.33 bits per heavy atom. The first-order chi connectivity index (χ1) is 9.63. The molecular weight excluding hydrogens is 295 g/mol. The Morgan fingerprint density at radius 2 is 1.95 bits per heavy atom. The van der Waals surface area contributed by atoms with E-state index in [9.17, 15) is 12.8 Å². The van der Waals surface area contributed by atoms with Crippen LogP contribution in [0.25, 0.3) is 0 Å². The van der Waals surface area contributed by atoms with E-state index in [4.69, 9.17) is 4.74 Å². The lowest BCUT2D eigenvalue weighted by Crippen LogP contribution is -2.39. The average Bonchev–Trinajstić information content (AvgIpc) is 2.42. The third kappa shape index (κ3) is 4.74. The highest BCUT2D eigenvalue weighted by molar-refractivity contribution is 7.89. The quantitative estimate of drug-likeness (QED) is 0.800. The van der Waals surface area contributed by atoms with Gasteiger partial charge < -0.3 is 10.1 Å². The van der Waals surface area contributed by atoms with Crippen LogP contribution in [0.2, 0.25) is 0 Å². The van der Waals surface area contributed by atoms with Crippen molar-refractivity contribution in [1.29, 1.82) is 0 Å². The van der Waals surface area contributed by atoms with E-state index >= 15 is 0 Å². The molecule has 0 aliphatic carbocycles. The molecule has 0 bridgehead atoms. The molecule has 120 valence electrons. The molecule has 2 N–H and O–H groups in total. The summed E-state index contributed by atoms with van der Waals surface area (Å²) in [6, 6.07) is 2.68. The van der Waals surface area contributed by atoms with Crippen LogP contribution in [0.3, 0.4) is 0 Å². The largest absolute Gasteiger partial charge is 0.377 e. The normalized spacial score (nSPS) is 12.7. The zero-order valence-electron chi connectivity index (χ0n) is 13.1. The summed E-state index contributed by atoms with van der Waals surface area (Å²) in [5.41, 5.74) is 0.00802. The molecule has 0 fully saturated rings. The molecule has 0 aliphatic heterocycles. The maximum Gasteiger partial charge on any atom is 0.240 e. The number of ether oxygens (including phenoxy) is 1. The SMILES string of the molecule is CNCc1cc(S(=O)(=O)NCC(C)(C)OC)cc(C)c1F. The van der Waals surface area contributed by atoms with Gasteiger partial charge in [0.15, 0.2) is 0 Å². The number of methoxy groups -OCH3 is 1. The van der Waals surface area contributed by atoms with Crippen LogP contribution in [0.1, 0.15) is 25.0 Å². The third-order valence-electron chi connectivity index (χ3n) is 3.22. The first-order valence-corrected chi connectivity index (χ1v) is 8.10. The van der Waals surface area contributed by atoms with Crippen LogP contribution < -0.4 is 10.0 Å². The maximum absolute atomic E-state index is 13.9. The maximum atomic E-state index is 13.9. The lowest BCUT2D eigenvalue weighted by Gasteiger charge is -2.23. The predicted octanol–water partition coefficient (Wildman–Crippen LogP) is 1.56. The molecule has 1 rings (SSSR count). The molecule has 0 heterocycles. The first kappa shape index (κ1) is 18.0. The molecule has 0 radical (unpaired) electrons. The van der Waals surface area contributed by atoms with Gasteiger partial charge in [-0.15, -0.1) is 0 Å². The van der Waals surface area contributed by atoms with Crippen LogP contribution in [-0.4, -0.2) is 34.7 Å². The van der Waals surface area contributed by atoms with E-state index in [0.717, 1.165) is 0 Å². The molecule has 0 atom stereocenters. The molecular formula is C14H23FN2O3S. The van der Waals surface area contributed by atoms with Gasteiger partial charge in [-0.1, -0.05) is 0 Å². The monoisotopic (exact) mass is 318 g/mol. The fourth-order valence-corrected chi connectivity index (χ4v) is 3.04. The molecule has 1 aromatic carbocycles. The van der Waals surface area contributed by atoms with Crippen molar-refractivity contribution in [2.24, 2.45) is 0 Å². The minimum atomic E-state index is -3.71. The lowest BCUT2D eigenvalue weighted by molar-refractivity contribution is 0.0276. The standard InChI is InChI=1S/C14H23FN2O3S/c1-10-6-12(7-11(8-16-4)13(10)15)21(18,19)17-9-14(2,3)20-5/h6-7,16-17H,8-9H2,1-5H3. The topological polar surface area (TPSA) is 67.4 Å². The van der Waals surface area contributed by atoms with Gasteiger partial charge in [-0.25, -0.2) is 17.5 Å². The van der Waals surface area contributed by atoms with Crippen molar-refractivity contribution in [3.63, 3.8) is 0 Å². The summed E-state index contributed by atoms with van der Waals surface area (Å²) < 4.78 is 46.2. The van der Waals surface area contributed by atoms with E-state index in [0.29, 0.717) is 11.1 Å².